The second-order valence-corrected chi connectivity index (χ2v) is 5.72. The predicted octanol–water partition coefficient (Wildman–Crippen LogP) is 1.16. The lowest BCUT2D eigenvalue weighted by Crippen LogP contribution is -2.37. The molecule has 3 heterocycles. The van der Waals surface area contributed by atoms with E-state index in [4.69, 9.17) is 5.73 Å². The van der Waals surface area contributed by atoms with Gasteiger partial charge in [0.1, 0.15) is 15.8 Å². The van der Waals surface area contributed by atoms with Crippen LogP contribution in [0.2, 0.25) is 0 Å². The molecule has 0 aliphatic carbocycles. The summed E-state index contributed by atoms with van der Waals surface area (Å²) in [6.45, 7) is 1.07. The van der Waals surface area contributed by atoms with Crippen LogP contribution in [-0.2, 0) is 6.54 Å². The van der Waals surface area contributed by atoms with Gasteiger partial charge in [-0.25, -0.2) is 19.4 Å². The van der Waals surface area contributed by atoms with E-state index in [1.165, 1.54) is 11.2 Å². The molecular weight excluding hydrogens is 375 g/mol. The zero-order valence-corrected chi connectivity index (χ0v) is 12.7. The Morgan fingerprint density at radius 2 is 2.35 bits per heavy atom. The van der Waals surface area contributed by atoms with Gasteiger partial charge in [0.15, 0.2) is 5.65 Å². The lowest BCUT2D eigenvalue weighted by Gasteiger charge is -2.21. The lowest BCUT2D eigenvalue weighted by molar-refractivity contribution is 0.135. The van der Waals surface area contributed by atoms with Crippen molar-refractivity contribution in [3.05, 3.63) is 10.0 Å². The predicted molar refractivity (Wildman–Crippen MR) is 80.2 cm³/mol. The summed E-state index contributed by atoms with van der Waals surface area (Å²) >= 11 is 2.09. The van der Waals surface area contributed by atoms with E-state index < -0.39 is 6.09 Å². The van der Waals surface area contributed by atoms with Gasteiger partial charge in [-0.05, 0) is 35.4 Å². The molecule has 1 aliphatic heterocycles. The van der Waals surface area contributed by atoms with Gasteiger partial charge in [0.25, 0.3) is 0 Å². The van der Waals surface area contributed by atoms with Crippen molar-refractivity contribution in [2.75, 3.05) is 12.3 Å². The number of amides is 1. The van der Waals surface area contributed by atoms with E-state index >= 15 is 0 Å². The van der Waals surface area contributed by atoms with E-state index in [1.807, 2.05) is 0 Å². The largest absolute Gasteiger partial charge is 0.465 e. The van der Waals surface area contributed by atoms with Crippen LogP contribution in [0.25, 0.3) is 11.0 Å². The molecule has 2 aromatic rings. The summed E-state index contributed by atoms with van der Waals surface area (Å²) in [5.74, 6) is 0.396. The number of carboxylic acid groups (broad SMARTS) is 1. The normalized spacial score (nSPS) is 18.9. The van der Waals surface area contributed by atoms with Crippen LogP contribution in [0, 0.1) is 3.70 Å². The number of nitrogens with zero attached hydrogens (tertiary/aromatic N) is 5. The highest BCUT2D eigenvalue weighted by molar-refractivity contribution is 14.1. The van der Waals surface area contributed by atoms with Crippen molar-refractivity contribution in [1.29, 1.82) is 0 Å². The number of fused-ring (bicyclic) bond motifs is 1. The highest BCUT2D eigenvalue weighted by Crippen LogP contribution is 2.25. The zero-order valence-electron chi connectivity index (χ0n) is 10.5. The van der Waals surface area contributed by atoms with Crippen molar-refractivity contribution in [2.45, 2.75) is 25.4 Å². The minimum absolute atomic E-state index is 0.0670. The number of hydrogen-bond donors (Lipinski definition) is 2. The first-order chi connectivity index (χ1) is 9.58. The fourth-order valence-corrected chi connectivity index (χ4v) is 3.37. The van der Waals surface area contributed by atoms with Gasteiger partial charge in [0, 0.05) is 6.54 Å². The Kier molecular flexibility index (Phi) is 3.36. The maximum Gasteiger partial charge on any atom is 0.407 e. The fraction of sp³-hybridized carbons (Fsp3) is 0.455. The maximum atomic E-state index is 11.2. The van der Waals surface area contributed by atoms with Gasteiger partial charge in [0.05, 0.1) is 18.0 Å². The highest BCUT2D eigenvalue weighted by atomic mass is 127. The average molecular weight is 388 g/mol. The molecule has 8 nitrogen and oxygen atoms in total. The Morgan fingerprint density at radius 1 is 1.55 bits per heavy atom. The summed E-state index contributed by atoms with van der Waals surface area (Å²) in [6, 6.07) is -0.0670. The number of anilines is 1. The van der Waals surface area contributed by atoms with E-state index in [-0.39, 0.29) is 6.04 Å². The minimum Gasteiger partial charge on any atom is -0.465 e. The van der Waals surface area contributed by atoms with Gasteiger partial charge in [-0.1, -0.05) is 0 Å². The molecule has 1 amide bonds. The standard InChI is InChI=1S/C11H13IN6O2/c12-8-7-9(13)14-5-15-10(7)18(16-8)4-6-2-1-3-17(6)11(19)20/h5-6H,1-4H2,(H,19,20)(H2,13,14,15)/t6-/m0/s1. The molecule has 1 saturated heterocycles. The van der Waals surface area contributed by atoms with Crippen LogP contribution >= 0.6 is 22.6 Å². The second-order valence-electron chi connectivity index (χ2n) is 4.70. The molecule has 3 N–H and O–H groups in total. The first-order valence-corrected chi connectivity index (χ1v) is 7.28. The Hall–Kier alpha value is -1.65. The van der Waals surface area contributed by atoms with Gasteiger partial charge < -0.3 is 15.7 Å². The maximum absolute atomic E-state index is 11.2. The van der Waals surface area contributed by atoms with Gasteiger partial charge in [-0.15, -0.1) is 0 Å². The van der Waals surface area contributed by atoms with Crippen LogP contribution in [0.4, 0.5) is 10.6 Å². The van der Waals surface area contributed by atoms with E-state index in [1.54, 1.807) is 4.68 Å². The van der Waals surface area contributed by atoms with E-state index in [0.717, 1.165) is 21.9 Å². The monoisotopic (exact) mass is 388 g/mol. The first-order valence-electron chi connectivity index (χ1n) is 6.20. The third-order valence-corrected chi connectivity index (χ3v) is 4.28. The molecule has 1 aliphatic rings. The van der Waals surface area contributed by atoms with Crippen molar-refractivity contribution in [2.24, 2.45) is 0 Å². The summed E-state index contributed by atoms with van der Waals surface area (Å²) in [5.41, 5.74) is 6.49. The second kappa shape index (κ2) is 5.04. The molecule has 0 spiro atoms. The molecule has 0 unspecified atom stereocenters. The fourth-order valence-electron chi connectivity index (χ4n) is 2.59. The van der Waals surface area contributed by atoms with Crippen molar-refractivity contribution in [3.8, 4) is 0 Å². The molecule has 1 atom stereocenters. The molecule has 9 heteroatoms. The average Bonchev–Trinajstić information content (AvgIpc) is 2.97. The lowest BCUT2D eigenvalue weighted by atomic mass is 10.2. The molecule has 0 aromatic carbocycles. The zero-order chi connectivity index (χ0) is 14.3. The summed E-state index contributed by atoms with van der Waals surface area (Å²) < 4.78 is 2.46. The smallest absolute Gasteiger partial charge is 0.407 e. The van der Waals surface area contributed by atoms with E-state index in [2.05, 4.69) is 37.7 Å². The number of likely N-dealkylation sites (tertiary alicyclic amines) is 1. The van der Waals surface area contributed by atoms with Gasteiger partial charge in [-0.3, -0.25) is 0 Å². The SMILES string of the molecule is Nc1ncnc2c1c(I)nn2C[C@@H]1CCCN1C(=O)O. The number of aromatic nitrogens is 4. The van der Waals surface area contributed by atoms with Gasteiger partial charge >= 0.3 is 6.09 Å². The molecule has 3 rings (SSSR count). The molecular formula is C11H13IN6O2. The van der Waals surface area contributed by atoms with Gasteiger partial charge in [-0.2, -0.15) is 5.10 Å². The number of nitrogen functional groups attached to an aromatic ring is 1. The van der Waals surface area contributed by atoms with Crippen molar-refractivity contribution in [1.82, 2.24) is 24.6 Å². The third kappa shape index (κ3) is 2.15. The molecule has 106 valence electrons. The molecule has 0 radical (unpaired) electrons. The number of carbonyl (C=O) groups is 1. The topological polar surface area (TPSA) is 110 Å². The quantitative estimate of drug-likeness (QED) is 0.748. The number of rotatable bonds is 2. The minimum atomic E-state index is -0.882. The van der Waals surface area contributed by atoms with Crippen LogP contribution < -0.4 is 5.73 Å². The molecule has 20 heavy (non-hydrogen) atoms. The number of nitrogens with two attached hydrogens (primary N) is 1. The Balaban J connectivity index is 1.96. The molecule has 2 aromatic heterocycles. The van der Waals surface area contributed by atoms with Crippen LogP contribution in [0.1, 0.15) is 12.8 Å². The third-order valence-electron chi connectivity index (χ3n) is 3.52. The first kappa shape index (κ1) is 13.3. The van der Waals surface area contributed by atoms with Crippen LogP contribution in [0.15, 0.2) is 6.33 Å². The van der Waals surface area contributed by atoms with Gasteiger partial charge in [0.2, 0.25) is 0 Å². The van der Waals surface area contributed by atoms with Crippen molar-refractivity contribution >= 4 is 45.5 Å². The Bertz CT molecular complexity index is 672. The van der Waals surface area contributed by atoms with Crippen LogP contribution in [0.3, 0.4) is 0 Å². The molecule has 0 bridgehead atoms. The molecule has 0 saturated carbocycles. The highest BCUT2D eigenvalue weighted by Gasteiger charge is 2.29. The molecule has 1 fully saturated rings. The van der Waals surface area contributed by atoms with Crippen LogP contribution in [0.5, 0.6) is 0 Å². The van der Waals surface area contributed by atoms with Crippen molar-refractivity contribution < 1.29 is 9.90 Å². The van der Waals surface area contributed by atoms with Crippen molar-refractivity contribution in [3.63, 3.8) is 0 Å². The number of hydrogen-bond acceptors (Lipinski definition) is 5. The van der Waals surface area contributed by atoms with Crippen LogP contribution in [-0.4, -0.2) is 48.4 Å². The van der Waals surface area contributed by atoms with E-state index in [9.17, 15) is 9.90 Å². The number of halogens is 1. The van der Waals surface area contributed by atoms with E-state index in [0.29, 0.717) is 24.6 Å². The Labute approximate surface area is 128 Å². The summed E-state index contributed by atoms with van der Waals surface area (Å²) in [5, 5.41) is 14.3. The summed E-state index contributed by atoms with van der Waals surface area (Å²) in [4.78, 5) is 20.8. The summed E-state index contributed by atoms with van der Waals surface area (Å²) in [7, 11) is 0. The Morgan fingerprint density at radius 3 is 3.10 bits per heavy atom. The summed E-state index contributed by atoms with van der Waals surface area (Å²) in [6.07, 6.45) is 2.23.